The van der Waals surface area contributed by atoms with Crippen molar-refractivity contribution in [3.05, 3.63) is 52.6 Å². The zero-order valence-corrected chi connectivity index (χ0v) is 39.4. The van der Waals surface area contributed by atoms with E-state index in [1.807, 2.05) is 13.0 Å². The van der Waals surface area contributed by atoms with Crippen LogP contribution in [0, 0.1) is 81.3 Å². The van der Waals surface area contributed by atoms with E-state index < -0.39 is 17.7 Å². The minimum absolute atomic E-state index is 0.0626. The predicted octanol–water partition coefficient (Wildman–Crippen LogP) is 9.51. The second kappa shape index (κ2) is 16.7. The maximum Gasteiger partial charge on any atom is 0.303 e. The monoisotopic (exact) mass is 864 g/mol. The lowest BCUT2D eigenvalue weighted by Crippen LogP contribution is -2.62. The summed E-state index contributed by atoms with van der Waals surface area (Å²) in [5.74, 6) is 8.58. The summed E-state index contributed by atoms with van der Waals surface area (Å²) in [5.41, 5.74) is 5.08. The number of hydrogen-bond donors (Lipinski definition) is 4. The summed E-state index contributed by atoms with van der Waals surface area (Å²) < 4.78 is 6.68. The number of ketones is 1. The van der Waals surface area contributed by atoms with Crippen molar-refractivity contribution in [3.8, 4) is 11.8 Å². The molecular formula is C55H77NO7. The number of carboxylic acids is 1. The number of anilines is 1. The fraction of sp³-hybridized carbons (Fsp3) is 0.745. The van der Waals surface area contributed by atoms with Crippen LogP contribution in [0.15, 0.2) is 47.1 Å². The first kappa shape index (κ1) is 45.2. The Kier molecular flexibility index (Phi) is 12.0. The van der Waals surface area contributed by atoms with E-state index in [0.29, 0.717) is 37.2 Å². The summed E-state index contributed by atoms with van der Waals surface area (Å²) in [6, 6.07) is 9.12. The Morgan fingerprint density at radius 1 is 0.968 bits per heavy atom. The molecule has 9 rings (SSSR count). The first-order chi connectivity index (χ1) is 29.9. The van der Waals surface area contributed by atoms with Crippen LogP contribution in [0.25, 0.3) is 0 Å². The summed E-state index contributed by atoms with van der Waals surface area (Å²) in [5, 5.41) is 45.7. The van der Waals surface area contributed by atoms with Crippen molar-refractivity contribution in [2.24, 2.45) is 69.5 Å². The zero-order chi connectivity index (χ0) is 44.8. The Bertz CT molecular complexity index is 2060. The number of benzene rings is 1. The molecule has 8 aliphatic carbocycles. The van der Waals surface area contributed by atoms with Crippen LogP contribution in [-0.4, -0.2) is 76.3 Å². The molecule has 6 saturated carbocycles. The average Bonchev–Trinajstić information content (AvgIpc) is 3.71. The minimum atomic E-state index is -1.03. The van der Waals surface area contributed by atoms with Gasteiger partial charge in [-0.15, -0.1) is 5.92 Å². The molecule has 3 unspecified atom stereocenters. The number of aliphatic carboxylic acids is 1. The third kappa shape index (κ3) is 7.23. The van der Waals surface area contributed by atoms with Gasteiger partial charge in [-0.1, -0.05) is 58.2 Å². The van der Waals surface area contributed by atoms with Gasteiger partial charge in [0.05, 0.1) is 24.9 Å². The van der Waals surface area contributed by atoms with Gasteiger partial charge in [0.2, 0.25) is 0 Å². The van der Waals surface area contributed by atoms with Gasteiger partial charge >= 0.3 is 5.97 Å². The summed E-state index contributed by atoms with van der Waals surface area (Å²) >= 11 is 0. The van der Waals surface area contributed by atoms with Crippen molar-refractivity contribution in [1.82, 2.24) is 0 Å². The largest absolute Gasteiger partial charge is 0.481 e. The highest BCUT2D eigenvalue weighted by Gasteiger charge is 2.67. The minimum Gasteiger partial charge on any atom is -0.481 e. The third-order valence-electron chi connectivity index (χ3n) is 20.5. The number of fused-ring (bicyclic) bond motifs is 9. The van der Waals surface area contributed by atoms with Crippen molar-refractivity contribution in [3.63, 3.8) is 0 Å². The Labute approximate surface area is 377 Å². The maximum atomic E-state index is 12.6. The molecule has 1 aromatic rings. The molecule has 0 amide bonds. The molecule has 8 heteroatoms. The summed E-state index contributed by atoms with van der Waals surface area (Å²) in [6.45, 7) is 14.6. The van der Waals surface area contributed by atoms with Gasteiger partial charge < -0.3 is 30.1 Å². The number of nitrogens with zero attached hydrogens (tertiary/aromatic N) is 1. The van der Waals surface area contributed by atoms with Gasteiger partial charge in [-0.25, -0.2) is 0 Å². The lowest BCUT2D eigenvalue weighted by atomic mass is 9.43. The van der Waals surface area contributed by atoms with Crippen LogP contribution in [-0.2, 0) is 14.3 Å². The van der Waals surface area contributed by atoms with Gasteiger partial charge in [0.1, 0.15) is 5.60 Å². The van der Waals surface area contributed by atoms with E-state index in [1.165, 1.54) is 22.3 Å². The van der Waals surface area contributed by atoms with Gasteiger partial charge in [-0.2, -0.15) is 0 Å². The first-order valence-corrected chi connectivity index (χ1v) is 25.1. The van der Waals surface area contributed by atoms with Crippen LogP contribution in [0.4, 0.5) is 5.69 Å². The van der Waals surface area contributed by atoms with E-state index >= 15 is 0 Å². The van der Waals surface area contributed by atoms with E-state index in [-0.39, 0.29) is 82.1 Å². The smallest absolute Gasteiger partial charge is 0.303 e. The molecule has 1 aromatic carbocycles. The van der Waals surface area contributed by atoms with Gasteiger partial charge in [0.25, 0.3) is 0 Å². The average molecular weight is 864 g/mol. The second-order valence-electron chi connectivity index (χ2n) is 23.1. The fourth-order valence-electron chi connectivity index (χ4n) is 17.0. The zero-order valence-electron chi connectivity index (χ0n) is 39.4. The van der Waals surface area contributed by atoms with Crippen LogP contribution in [0.1, 0.15) is 149 Å². The van der Waals surface area contributed by atoms with Crippen molar-refractivity contribution in [2.45, 2.75) is 168 Å². The molecular weight excluding hydrogens is 787 g/mol. The number of rotatable bonds is 10. The Hall–Kier alpha value is -2.96. The number of carbonyl (C=O) groups is 2. The van der Waals surface area contributed by atoms with Crippen LogP contribution < -0.4 is 4.90 Å². The van der Waals surface area contributed by atoms with E-state index in [1.54, 1.807) is 0 Å². The number of carbonyl (C=O) groups excluding carboxylic acids is 1. The normalized spacial score (nSPS) is 44.4. The Morgan fingerprint density at radius 3 is 2.46 bits per heavy atom. The van der Waals surface area contributed by atoms with Crippen molar-refractivity contribution >= 4 is 17.4 Å². The summed E-state index contributed by atoms with van der Waals surface area (Å²) in [6.07, 6.45) is 13.8. The number of hydrogen-bond acceptors (Lipinski definition) is 7. The predicted molar refractivity (Wildman–Crippen MR) is 247 cm³/mol. The standard InChI is InChI=1S/C55H77NO7/c1-8-22-55(62)33(3)26-45-41-16-12-35-27-38(57)15-17-40(35)50(41)42(31-53(45,55)5)34-10-13-37(14-11-34)56(7)24-25-63-39-21-23-52(4)36(28-39)29-47(58)51-44-19-18-43(32(2)9-20-49(60)61)54(44,6)48(59)30-46(51)52/h10-11,13-14,27,32-33,36,39,41-48,51,58-59,62H,9,12,15-21,23-26,28-31H2,1-7H3,(H,60,61)/t32-,33?,36+,39+,41?,42+,43-,44+,45?,46+,47-,48+,51+,52+,53+,54-,55-/m1/s1. The third-order valence-corrected chi connectivity index (χ3v) is 20.5. The van der Waals surface area contributed by atoms with Gasteiger partial charge in [0.15, 0.2) is 5.78 Å². The molecule has 8 aliphatic rings. The van der Waals surface area contributed by atoms with Crippen molar-refractivity contribution in [1.29, 1.82) is 0 Å². The lowest BCUT2D eigenvalue weighted by molar-refractivity contribution is -0.209. The number of aliphatic hydroxyl groups excluding tert-OH is 2. The highest BCUT2D eigenvalue weighted by atomic mass is 16.5. The summed E-state index contributed by atoms with van der Waals surface area (Å²) in [7, 11) is 2.14. The number of ether oxygens (including phenoxy) is 1. The Balaban J connectivity index is 0.848. The van der Waals surface area contributed by atoms with E-state index in [2.05, 4.69) is 82.7 Å². The molecule has 0 bridgehead atoms. The molecule has 63 heavy (non-hydrogen) atoms. The molecule has 0 spiro atoms. The molecule has 0 aromatic heterocycles. The SMILES string of the molecule is CC#C[C@@]1(O)C(C)CC2C3CCC4=CC(=O)CCC4=C3[C@H](c3ccc(N(C)CCO[C@H]4CC[C@@]5(C)[C@@H](C4)C[C@@H](O)[C@@H]4[C@@H]5C[C@H](O)[C@]5(C)[C@@H]([C@H](C)CCC(=O)O)CC[C@@H]45)cc3)C[C@@]21C. The molecule has 344 valence electrons. The van der Waals surface area contributed by atoms with E-state index in [9.17, 15) is 30.0 Å². The van der Waals surface area contributed by atoms with Gasteiger partial charge in [-0.3, -0.25) is 9.59 Å². The molecule has 0 radical (unpaired) electrons. The molecule has 0 heterocycles. The molecule has 17 atom stereocenters. The van der Waals surface area contributed by atoms with Gasteiger partial charge in [-0.05, 0) is 189 Å². The second-order valence-corrected chi connectivity index (χ2v) is 23.1. The van der Waals surface area contributed by atoms with Crippen LogP contribution >= 0.6 is 0 Å². The first-order valence-electron chi connectivity index (χ1n) is 25.1. The number of allylic oxidation sites excluding steroid dienone is 4. The van der Waals surface area contributed by atoms with E-state index in [0.717, 1.165) is 89.3 Å². The van der Waals surface area contributed by atoms with Crippen LogP contribution in [0.5, 0.6) is 0 Å². The Morgan fingerprint density at radius 2 is 1.73 bits per heavy atom. The van der Waals surface area contributed by atoms with Crippen molar-refractivity contribution < 1.29 is 34.8 Å². The fourth-order valence-corrected chi connectivity index (χ4v) is 17.0. The molecule has 8 nitrogen and oxygen atoms in total. The quantitative estimate of drug-likeness (QED) is 0.172. The number of aliphatic hydroxyl groups is 3. The molecule has 0 aliphatic heterocycles. The molecule has 0 saturated heterocycles. The molecule has 4 N–H and O–H groups in total. The lowest BCUT2D eigenvalue weighted by Gasteiger charge is -2.63. The molecule has 6 fully saturated rings. The van der Waals surface area contributed by atoms with Crippen LogP contribution in [0.2, 0.25) is 0 Å². The van der Waals surface area contributed by atoms with E-state index in [4.69, 9.17) is 4.74 Å². The van der Waals surface area contributed by atoms with Crippen LogP contribution in [0.3, 0.4) is 0 Å². The topological polar surface area (TPSA) is 128 Å². The van der Waals surface area contributed by atoms with Gasteiger partial charge in [0, 0.05) is 43.5 Å². The van der Waals surface area contributed by atoms with Crippen molar-refractivity contribution in [2.75, 3.05) is 25.1 Å². The maximum absolute atomic E-state index is 12.6. The number of carboxylic acid groups (broad SMARTS) is 1. The summed E-state index contributed by atoms with van der Waals surface area (Å²) in [4.78, 5) is 26.3. The highest BCUT2D eigenvalue weighted by Crippen LogP contribution is 2.70. The highest BCUT2D eigenvalue weighted by molar-refractivity contribution is 5.93. The number of likely N-dealkylation sites (N-methyl/N-ethyl adjacent to an activating group) is 1.